The van der Waals surface area contributed by atoms with Crippen LogP contribution in [-0.2, 0) is 4.79 Å². The summed E-state index contributed by atoms with van der Waals surface area (Å²) < 4.78 is 0. The van der Waals surface area contributed by atoms with Crippen molar-refractivity contribution in [3.63, 3.8) is 0 Å². The summed E-state index contributed by atoms with van der Waals surface area (Å²) >= 11 is 0. The summed E-state index contributed by atoms with van der Waals surface area (Å²) in [5.41, 5.74) is 2.33. The zero-order valence-electron chi connectivity index (χ0n) is 21.3. The Hall–Kier alpha value is -3.94. The fourth-order valence-corrected chi connectivity index (χ4v) is 5.93. The van der Waals surface area contributed by atoms with Crippen molar-refractivity contribution >= 4 is 39.4 Å². The maximum atomic E-state index is 13.8. The lowest BCUT2D eigenvalue weighted by atomic mass is 9.76. The van der Waals surface area contributed by atoms with Gasteiger partial charge in [0.15, 0.2) is 11.5 Å². The number of carbonyl (C=O) groups excluding carboxylic acids is 3. The van der Waals surface area contributed by atoms with Gasteiger partial charge >= 0.3 is 0 Å². The van der Waals surface area contributed by atoms with Crippen LogP contribution >= 0.6 is 0 Å². The molecule has 6 rings (SSSR count). The zero-order valence-corrected chi connectivity index (χ0v) is 21.3. The van der Waals surface area contributed by atoms with Gasteiger partial charge in [0.05, 0.1) is 29.2 Å². The van der Waals surface area contributed by atoms with Crippen LogP contribution in [0.4, 0.5) is 0 Å². The molecule has 8 heteroatoms. The van der Waals surface area contributed by atoms with E-state index in [0.29, 0.717) is 24.5 Å². The number of hydrogen-bond donors (Lipinski definition) is 2. The molecule has 0 spiro atoms. The Morgan fingerprint density at radius 2 is 1.65 bits per heavy atom. The van der Waals surface area contributed by atoms with Gasteiger partial charge in [0, 0.05) is 35.8 Å². The summed E-state index contributed by atoms with van der Waals surface area (Å²) in [6.45, 7) is 7.02. The molecule has 2 saturated heterocycles. The highest BCUT2D eigenvalue weighted by molar-refractivity contribution is 6.05. The Bertz CT molecular complexity index is 1490. The molecule has 0 radical (unpaired) electrons. The molecule has 8 nitrogen and oxygen atoms in total. The minimum absolute atomic E-state index is 0.00165. The number of likely N-dealkylation sites (tertiary alicyclic amines) is 2. The number of piperazine rings is 1. The second-order valence-electron chi connectivity index (χ2n) is 11.4. The van der Waals surface area contributed by atoms with Crippen molar-refractivity contribution in [1.29, 1.82) is 0 Å². The molecule has 0 saturated carbocycles. The molecule has 2 aliphatic heterocycles. The molecule has 3 atom stereocenters. The number of hydrogen-bond acceptors (Lipinski definition) is 4. The molecule has 2 aliphatic rings. The van der Waals surface area contributed by atoms with E-state index in [-0.39, 0.29) is 41.5 Å². The topological polar surface area (TPSA) is 102 Å². The number of aromatic amines is 2. The van der Waals surface area contributed by atoms with Crippen LogP contribution in [0, 0.1) is 11.3 Å². The van der Waals surface area contributed by atoms with Crippen molar-refractivity contribution in [1.82, 2.24) is 25.0 Å². The third kappa shape index (κ3) is 4.00. The summed E-state index contributed by atoms with van der Waals surface area (Å²) in [6.07, 6.45) is 0.900. The van der Waals surface area contributed by atoms with Crippen molar-refractivity contribution in [2.75, 3.05) is 13.1 Å². The van der Waals surface area contributed by atoms with Crippen LogP contribution in [0.3, 0.4) is 0 Å². The van der Waals surface area contributed by atoms with Crippen molar-refractivity contribution < 1.29 is 14.4 Å². The molecule has 2 fully saturated rings. The molecule has 0 aliphatic carbocycles. The molecular weight excluding hydrogens is 466 g/mol. The number of fused-ring (bicyclic) bond motifs is 4. The van der Waals surface area contributed by atoms with Crippen molar-refractivity contribution in [3.05, 3.63) is 66.0 Å². The van der Waals surface area contributed by atoms with Crippen molar-refractivity contribution in [2.45, 2.75) is 45.7 Å². The van der Waals surface area contributed by atoms with E-state index in [2.05, 4.69) is 15.2 Å². The van der Waals surface area contributed by atoms with Crippen LogP contribution in [0.2, 0.25) is 0 Å². The Labute approximate surface area is 215 Å². The maximum Gasteiger partial charge on any atom is 0.275 e. The average Bonchev–Trinajstić information content (AvgIpc) is 3.66. The first-order valence-electron chi connectivity index (χ1n) is 12.9. The number of nitrogens with one attached hydrogen (secondary N) is 2. The Balaban J connectivity index is 1.18. The number of Topliss-reactive ketones (excluding diaryl/α,β-unsaturated/α-hetero) is 1. The molecule has 2 bridgehead atoms. The summed E-state index contributed by atoms with van der Waals surface area (Å²) in [5, 5.41) is 9.01. The van der Waals surface area contributed by atoms with E-state index >= 15 is 0 Å². The fraction of sp³-hybridized carbons (Fsp3) is 0.379. The number of H-pyrrole nitrogens is 2. The Morgan fingerprint density at radius 3 is 2.35 bits per heavy atom. The van der Waals surface area contributed by atoms with Crippen LogP contribution in [-0.4, -0.2) is 67.8 Å². The first-order chi connectivity index (χ1) is 17.7. The SMILES string of the molecule is CC(C)(C)[C@H](CC(=O)c1cc2ccccc2[nH]1)C(=O)N1C[C@@H]2C[C@H]1CN2C(=O)c1n[nH]c2ccccc12. The molecule has 2 N–H and O–H groups in total. The third-order valence-corrected chi connectivity index (χ3v) is 8.02. The molecule has 4 aromatic rings. The van der Waals surface area contributed by atoms with E-state index in [1.165, 1.54) is 0 Å². The predicted octanol–water partition coefficient (Wildman–Crippen LogP) is 4.40. The van der Waals surface area contributed by atoms with Gasteiger partial charge in [-0.05, 0) is 30.0 Å². The maximum absolute atomic E-state index is 13.8. The number of ketones is 1. The standard InChI is InChI=1S/C29H31N5O3/c1-29(2,3)21(14-25(35)24-12-17-8-4-6-10-22(17)30-24)27(36)33-15-19-13-18(33)16-34(19)28(37)26-20-9-5-7-11-23(20)31-32-26/h4-12,18-19,21,30H,13-16H2,1-3H3,(H,31,32)/t18-,19-,21+/m0/s1. The molecule has 2 amide bonds. The van der Waals surface area contributed by atoms with Gasteiger partial charge in [-0.15, -0.1) is 0 Å². The minimum atomic E-state index is -0.454. The zero-order chi connectivity index (χ0) is 25.9. The summed E-state index contributed by atoms with van der Waals surface area (Å²) in [6, 6.07) is 17.2. The van der Waals surface area contributed by atoms with Gasteiger partial charge in [-0.25, -0.2) is 0 Å². The van der Waals surface area contributed by atoms with Crippen LogP contribution in [0.5, 0.6) is 0 Å². The van der Waals surface area contributed by atoms with Crippen molar-refractivity contribution in [3.8, 4) is 0 Å². The molecular formula is C29H31N5O3. The number of nitrogens with zero attached hydrogens (tertiary/aromatic N) is 3. The molecule has 0 unspecified atom stereocenters. The Morgan fingerprint density at radius 1 is 0.973 bits per heavy atom. The molecule has 37 heavy (non-hydrogen) atoms. The van der Waals surface area contributed by atoms with Crippen LogP contribution in [0.15, 0.2) is 54.6 Å². The largest absolute Gasteiger partial charge is 0.352 e. The molecule has 4 heterocycles. The van der Waals surface area contributed by atoms with Gasteiger partial charge in [0.25, 0.3) is 5.91 Å². The lowest BCUT2D eigenvalue weighted by Gasteiger charge is -2.38. The lowest BCUT2D eigenvalue weighted by molar-refractivity contribution is -0.141. The summed E-state index contributed by atoms with van der Waals surface area (Å²) in [5.74, 6) is -0.610. The summed E-state index contributed by atoms with van der Waals surface area (Å²) in [7, 11) is 0. The average molecular weight is 498 g/mol. The highest BCUT2D eigenvalue weighted by Gasteiger charge is 2.50. The van der Waals surface area contributed by atoms with E-state index in [0.717, 1.165) is 28.2 Å². The third-order valence-electron chi connectivity index (χ3n) is 8.02. The Kier molecular flexibility index (Phi) is 5.44. The van der Waals surface area contributed by atoms with Crippen molar-refractivity contribution in [2.24, 2.45) is 11.3 Å². The van der Waals surface area contributed by atoms with Gasteiger partial charge < -0.3 is 14.8 Å². The van der Waals surface area contributed by atoms with E-state index < -0.39 is 5.92 Å². The number of aromatic nitrogens is 3. The van der Waals surface area contributed by atoms with Crippen LogP contribution in [0.25, 0.3) is 21.8 Å². The van der Waals surface area contributed by atoms with E-state index in [1.54, 1.807) is 0 Å². The number of carbonyl (C=O) groups is 3. The van der Waals surface area contributed by atoms with E-state index in [9.17, 15) is 14.4 Å². The smallest absolute Gasteiger partial charge is 0.275 e. The number of para-hydroxylation sites is 2. The predicted molar refractivity (Wildman–Crippen MR) is 141 cm³/mol. The van der Waals surface area contributed by atoms with Gasteiger partial charge in [-0.1, -0.05) is 57.2 Å². The van der Waals surface area contributed by atoms with Gasteiger partial charge in [0.2, 0.25) is 5.91 Å². The lowest BCUT2D eigenvalue weighted by Crippen LogP contribution is -2.53. The summed E-state index contributed by atoms with van der Waals surface area (Å²) in [4.78, 5) is 47.4. The van der Waals surface area contributed by atoms with Gasteiger partial charge in [0.1, 0.15) is 0 Å². The van der Waals surface area contributed by atoms with Gasteiger partial charge in [-0.3, -0.25) is 19.5 Å². The monoisotopic (exact) mass is 497 g/mol. The second-order valence-corrected chi connectivity index (χ2v) is 11.4. The van der Waals surface area contributed by atoms with Crippen LogP contribution in [0.1, 0.15) is 54.6 Å². The fourth-order valence-electron chi connectivity index (χ4n) is 5.93. The molecule has 2 aromatic carbocycles. The highest BCUT2D eigenvalue weighted by atomic mass is 16.2. The highest BCUT2D eigenvalue weighted by Crippen LogP contribution is 2.38. The quantitative estimate of drug-likeness (QED) is 0.399. The number of benzene rings is 2. The normalized spacial score (nSPS) is 20.2. The number of rotatable bonds is 5. The molecule has 2 aromatic heterocycles. The van der Waals surface area contributed by atoms with Crippen LogP contribution < -0.4 is 0 Å². The van der Waals surface area contributed by atoms with E-state index in [1.807, 2.05) is 85.2 Å². The minimum Gasteiger partial charge on any atom is -0.352 e. The number of amides is 2. The van der Waals surface area contributed by atoms with E-state index in [4.69, 9.17) is 0 Å². The first-order valence-corrected chi connectivity index (χ1v) is 12.9. The first kappa shape index (κ1) is 23.5. The molecule has 190 valence electrons. The second kappa shape index (κ2) is 8.57. The van der Waals surface area contributed by atoms with Gasteiger partial charge in [-0.2, -0.15) is 5.10 Å².